The number of H-pyrrole nitrogens is 1. The highest BCUT2D eigenvalue weighted by atomic mass is 19.4. The van der Waals surface area contributed by atoms with Crippen LogP contribution < -0.4 is 4.74 Å². The van der Waals surface area contributed by atoms with Gasteiger partial charge in [-0.15, -0.1) is 13.2 Å². The molecule has 0 saturated carbocycles. The van der Waals surface area contributed by atoms with E-state index in [0.29, 0.717) is 11.5 Å². The summed E-state index contributed by atoms with van der Waals surface area (Å²) >= 11 is 0. The SMILES string of the molecule is OC(Cc1ccc(F)cc1F)c1n[nH]c2cc(OC(F)(F)F)ccc12. The first-order valence-corrected chi connectivity index (χ1v) is 7.09. The Labute approximate surface area is 137 Å². The summed E-state index contributed by atoms with van der Waals surface area (Å²) in [6, 6.07) is 6.45. The van der Waals surface area contributed by atoms with Crippen molar-refractivity contribution in [3.63, 3.8) is 0 Å². The van der Waals surface area contributed by atoms with Gasteiger partial charge in [-0.3, -0.25) is 5.10 Å². The van der Waals surface area contributed by atoms with Gasteiger partial charge in [0.25, 0.3) is 0 Å². The number of aliphatic hydroxyl groups is 1. The molecule has 0 fully saturated rings. The minimum atomic E-state index is -4.82. The molecule has 0 aliphatic heterocycles. The average Bonchev–Trinajstić information content (AvgIpc) is 2.91. The summed E-state index contributed by atoms with van der Waals surface area (Å²) < 4.78 is 67.1. The molecule has 4 nitrogen and oxygen atoms in total. The fourth-order valence-electron chi connectivity index (χ4n) is 2.46. The zero-order valence-corrected chi connectivity index (χ0v) is 12.4. The molecule has 25 heavy (non-hydrogen) atoms. The molecule has 3 rings (SSSR count). The van der Waals surface area contributed by atoms with Crippen LogP contribution >= 0.6 is 0 Å². The number of hydrogen-bond acceptors (Lipinski definition) is 3. The van der Waals surface area contributed by atoms with Crippen LogP contribution in [0, 0.1) is 11.6 Å². The number of alkyl halides is 3. The lowest BCUT2D eigenvalue weighted by atomic mass is 10.0. The first-order valence-electron chi connectivity index (χ1n) is 7.09. The molecule has 1 heterocycles. The lowest BCUT2D eigenvalue weighted by Gasteiger charge is -2.10. The van der Waals surface area contributed by atoms with Crippen LogP contribution in [0.25, 0.3) is 10.9 Å². The Hall–Kier alpha value is -2.68. The molecule has 1 aromatic heterocycles. The number of rotatable bonds is 4. The fraction of sp³-hybridized carbons (Fsp3) is 0.188. The fourth-order valence-corrected chi connectivity index (χ4v) is 2.46. The molecule has 0 saturated heterocycles. The predicted octanol–water partition coefficient (Wildman–Crippen LogP) is 4.02. The van der Waals surface area contributed by atoms with Crippen molar-refractivity contribution < 1.29 is 31.8 Å². The van der Waals surface area contributed by atoms with Crippen molar-refractivity contribution in [2.24, 2.45) is 0 Å². The molecule has 2 aromatic carbocycles. The second kappa shape index (κ2) is 6.32. The summed E-state index contributed by atoms with van der Waals surface area (Å²) in [5.74, 6) is -1.98. The molecule has 0 amide bonds. The molecule has 0 radical (unpaired) electrons. The van der Waals surface area contributed by atoms with Gasteiger partial charge in [0.05, 0.1) is 11.2 Å². The average molecular weight is 358 g/mol. The maximum Gasteiger partial charge on any atom is 0.573 e. The van der Waals surface area contributed by atoms with Crippen LogP contribution in [0.3, 0.4) is 0 Å². The van der Waals surface area contributed by atoms with Gasteiger partial charge in [0, 0.05) is 23.9 Å². The molecule has 3 aromatic rings. The van der Waals surface area contributed by atoms with Gasteiger partial charge in [0.15, 0.2) is 0 Å². The van der Waals surface area contributed by atoms with Crippen LogP contribution in [0.1, 0.15) is 17.4 Å². The normalized spacial score (nSPS) is 13.2. The Morgan fingerprint density at radius 2 is 1.88 bits per heavy atom. The van der Waals surface area contributed by atoms with Gasteiger partial charge in [-0.1, -0.05) is 6.07 Å². The van der Waals surface area contributed by atoms with Crippen LogP contribution in [0.4, 0.5) is 22.0 Å². The topological polar surface area (TPSA) is 58.1 Å². The second-order valence-corrected chi connectivity index (χ2v) is 5.32. The highest BCUT2D eigenvalue weighted by molar-refractivity contribution is 5.83. The van der Waals surface area contributed by atoms with Gasteiger partial charge in [0.2, 0.25) is 0 Å². The van der Waals surface area contributed by atoms with Crippen molar-refractivity contribution in [1.29, 1.82) is 0 Å². The Morgan fingerprint density at radius 3 is 2.56 bits per heavy atom. The number of nitrogens with one attached hydrogen (secondary N) is 1. The summed E-state index contributed by atoms with van der Waals surface area (Å²) in [4.78, 5) is 0. The molecule has 0 aliphatic carbocycles. The number of nitrogens with zero attached hydrogens (tertiary/aromatic N) is 1. The first kappa shape index (κ1) is 17.2. The summed E-state index contributed by atoms with van der Waals surface area (Å²) in [5, 5.41) is 17.0. The van der Waals surface area contributed by atoms with Gasteiger partial charge < -0.3 is 9.84 Å². The van der Waals surface area contributed by atoms with Crippen molar-refractivity contribution in [1.82, 2.24) is 10.2 Å². The van der Waals surface area contributed by atoms with Crippen LogP contribution in [0.2, 0.25) is 0 Å². The Morgan fingerprint density at radius 1 is 1.12 bits per heavy atom. The predicted molar refractivity (Wildman–Crippen MR) is 77.8 cm³/mol. The van der Waals surface area contributed by atoms with Crippen molar-refractivity contribution >= 4 is 10.9 Å². The zero-order valence-electron chi connectivity index (χ0n) is 12.4. The molecule has 9 heteroatoms. The number of aromatic nitrogens is 2. The summed E-state index contributed by atoms with van der Waals surface area (Å²) in [7, 11) is 0. The van der Waals surface area contributed by atoms with Crippen LogP contribution in [0.15, 0.2) is 36.4 Å². The van der Waals surface area contributed by atoms with E-state index in [1.807, 2.05) is 0 Å². The number of hydrogen-bond donors (Lipinski definition) is 2. The van der Waals surface area contributed by atoms with E-state index in [9.17, 15) is 27.1 Å². The number of aliphatic hydroxyl groups excluding tert-OH is 1. The summed E-state index contributed by atoms with van der Waals surface area (Å²) in [6.07, 6.45) is -6.23. The Balaban J connectivity index is 1.85. The number of ether oxygens (including phenoxy) is 1. The van der Waals surface area contributed by atoms with Crippen LogP contribution in [0.5, 0.6) is 5.75 Å². The second-order valence-electron chi connectivity index (χ2n) is 5.32. The number of fused-ring (bicyclic) bond motifs is 1. The smallest absolute Gasteiger partial charge is 0.406 e. The third-order valence-corrected chi connectivity index (χ3v) is 3.54. The molecular formula is C16H11F5N2O2. The largest absolute Gasteiger partial charge is 0.573 e. The Bertz CT molecular complexity index is 907. The number of halogens is 5. The summed E-state index contributed by atoms with van der Waals surface area (Å²) in [5.41, 5.74) is 0.440. The van der Waals surface area contributed by atoms with E-state index < -0.39 is 29.9 Å². The van der Waals surface area contributed by atoms with Gasteiger partial charge in [-0.05, 0) is 23.8 Å². The standard InChI is InChI=1S/C16H11F5N2O2/c17-9-2-1-8(12(18)6-9)5-14(24)15-11-4-3-10(25-16(19,20)21)7-13(11)22-23-15/h1-4,6-7,14,24H,5H2,(H,22,23). The maximum atomic E-state index is 13.7. The van der Waals surface area contributed by atoms with Gasteiger partial charge in [-0.2, -0.15) is 5.10 Å². The van der Waals surface area contributed by atoms with E-state index in [0.717, 1.165) is 18.2 Å². The number of aromatic amines is 1. The maximum absolute atomic E-state index is 13.7. The quantitative estimate of drug-likeness (QED) is 0.693. The van der Waals surface area contributed by atoms with E-state index in [4.69, 9.17) is 0 Å². The highest BCUT2D eigenvalue weighted by Crippen LogP contribution is 2.30. The van der Waals surface area contributed by atoms with E-state index in [1.54, 1.807) is 0 Å². The third-order valence-electron chi connectivity index (χ3n) is 3.54. The zero-order chi connectivity index (χ0) is 18.2. The lowest BCUT2D eigenvalue weighted by molar-refractivity contribution is -0.274. The summed E-state index contributed by atoms with van der Waals surface area (Å²) in [6.45, 7) is 0. The van der Waals surface area contributed by atoms with Gasteiger partial charge >= 0.3 is 6.36 Å². The molecule has 0 spiro atoms. The van der Waals surface area contributed by atoms with Crippen molar-refractivity contribution in [2.45, 2.75) is 18.9 Å². The molecule has 2 N–H and O–H groups in total. The van der Waals surface area contributed by atoms with Crippen molar-refractivity contribution in [3.8, 4) is 5.75 Å². The van der Waals surface area contributed by atoms with Crippen LogP contribution in [-0.4, -0.2) is 21.7 Å². The van der Waals surface area contributed by atoms with E-state index in [2.05, 4.69) is 14.9 Å². The third kappa shape index (κ3) is 3.87. The Kier molecular flexibility index (Phi) is 4.34. The van der Waals surface area contributed by atoms with E-state index in [1.165, 1.54) is 12.1 Å². The highest BCUT2D eigenvalue weighted by Gasteiger charge is 2.31. The van der Waals surface area contributed by atoms with E-state index >= 15 is 0 Å². The van der Waals surface area contributed by atoms with Crippen molar-refractivity contribution in [3.05, 3.63) is 59.3 Å². The minimum absolute atomic E-state index is 0.0853. The monoisotopic (exact) mass is 358 g/mol. The molecule has 1 unspecified atom stereocenters. The molecule has 1 atom stereocenters. The number of benzene rings is 2. The molecule has 132 valence electrons. The van der Waals surface area contributed by atoms with Gasteiger partial charge in [-0.25, -0.2) is 8.78 Å². The van der Waals surface area contributed by atoms with Crippen molar-refractivity contribution in [2.75, 3.05) is 0 Å². The lowest BCUT2D eigenvalue weighted by Crippen LogP contribution is -2.16. The molecular weight excluding hydrogens is 347 g/mol. The molecule has 0 aliphatic rings. The molecule has 0 bridgehead atoms. The van der Waals surface area contributed by atoms with Crippen LogP contribution in [-0.2, 0) is 6.42 Å². The minimum Gasteiger partial charge on any atom is -0.406 e. The van der Waals surface area contributed by atoms with Gasteiger partial charge in [0.1, 0.15) is 23.5 Å². The van der Waals surface area contributed by atoms with E-state index in [-0.39, 0.29) is 23.2 Å². The first-order chi connectivity index (χ1) is 11.7.